The Kier molecular flexibility index (Phi) is 5.55. The van der Waals surface area contributed by atoms with Crippen molar-refractivity contribution in [2.75, 3.05) is 24.8 Å². The quantitative estimate of drug-likeness (QED) is 0.818. The molecule has 6 heteroatoms. The SMILES string of the molecule is CCOc1nc(COC)nc(NCc2ccc(C)cc2)c1N. The van der Waals surface area contributed by atoms with Crippen LogP contribution in [-0.4, -0.2) is 23.7 Å². The van der Waals surface area contributed by atoms with E-state index in [1.165, 1.54) is 5.56 Å². The van der Waals surface area contributed by atoms with Crippen molar-refractivity contribution < 1.29 is 9.47 Å². The first-order chi connectivity index (χ1) is 10.6. The summed E-state index contributed by atoms with van der Waals surface area (Å²) in [7, 11) is 1.60. The molecule has 0 aliphatic carbocycles. The second-order valence-corrected chi connectivity index (χ2v) is 4.91. The Bertz CT molecular complexity index is 614. The van der Waals surface area contributed by atoms with E-state index in [1.807, 2.05) is 6.92 Å². The Labute approximate surface area is 130 Å². The molecule has 1 heterocycles. The molecule has 2 rings (SSSR count). The maximum absolute atomic E-state index is 6.07. The molecule has 2 aromatic rings. The van der Waals surface area contributed by atoms with E-state index >= 15 is 0 Å². The van der Waals surface area contributed by atoms with Crippen LogP contribution in [-0.2, 0) is 17.9 Å². The predicted octanol–water partition coefficient (Wildman–Crippen LogP) is 2.52. The number of aromatic nitrogens is 2. The molecule has 0 aliphatic heterocycles. The normalized spacial score (nSPS) is 10.5. The molecule has 0 saturated heterocycles. The van der Waals surface area contributed by atoms with Gasteiger partial charge in [-0.25, -0.2) is 4.98 Å². The summed E-state index contributed by atoms with van der Waals surface area (Å²) >= 11 is 0. The second kappa shape index (κ2) is 7.61. The number of nitrogens with zero attached hydrogens (tertiary/aromatic N) is 2. The molecule has 0 atom stereocenters. The second-order valence-electron chi connectivity index (χ2n) is 4.91. The topological polar surface area (TPSA) is 82.3 Å². The van der Waals surface area contributed by atoms with Gasteiger partial charge in [0.25, 0.3) is 0 Å². The number of methoxy groups -OCH3 is 1. The zero-order valence-corrected chi connectivity index (χ0v) is 13.2. The van der Waals surface area contributed by atoms with Crippen molar-refractivity contribution in [1.82, 2.24) is 9.97 Å². The maximum Gasteiger partial charge on any atom is 0.242 e. The summed E-state index contributed by atoms with van der Waals surface area (Å²) in [5.74, 6) is 1.48. The summed E-state index contributed by atoms with van der Waals surface area (Å²) < 4.78 is 10.5. The largest absolute Gasteiger partial charge is 0.476 e. The van der Waals surface area contributed by atoms with Crippen LogP contribution >= 0.6 is 0 Å². The van der Waals surface area contributed by atoms with Gasteiger partial charge in [-0.05, 0) is 19.4 Å². The van der Waals surface area contributed by atoms with Crippen molar-refractivity contribution in [1.29, 1.82) is 0 Å². The fourth-order valence-electron chi connectivity index (χ4n) is 1.96. The number of aryl methyl sites for hydroxylation is 1. The van der Waals surface area contributed by atoms with Crippen LogP contribution < -0.4 is 15.8 Å². The van der Waals surface area contributed by atoms with Crippen LogP contribution in [0, 0.1) is 6.92 Å². The van der Waals surface area contributed by atoms with Crippen LogP contribution in [0.3, 0.4) is 0 Å². The van der Waals surface area contributed by atoms with Crippen LogP contribution in [0.25, 0.3) is 0 Å². The summed E-state index contributed by atoms with van der Waals surface area (Å²) in [6, 6.07) is 8.28. The highest BCUT2D eigenvalue weighted by Gasteiger charge is 2.12. The lowest BCUT2D eigenvalue weighted by atomic mass is 10.1. The third-order valence-electron chi connectivity index (χ3n) is 3.09. The Balaban J connectivity index is 2.18. The minimum atomic E-state index is 0.305. The molecule has 0 aliphatic rings. The first-order valence-corrected chi connectivity index (χ1v) is 7.21. The van der Waals surface area contributed by atoms with Crippen molar-refractivity contribution in [2.24, 2.45) is 0 Å². The van der Waals surface area contributed by atoms with E-state index < -0.39 is 0 Å². The van der Waals surface area contributed by atoms with E-state index in [-0.39, 0.29) is 0 Å². The molecule has 3 N–H and O–H groups in total. The summed E-state index contributed by atoms with van der Waals surface area (Å²) in [5, 5.41) is 3.23. The van der Waals surface area contributed by atoms with Crippen LogP contribution in [0.5, 0.6) is 5.88 Å². The average molecular weight is 302 g/mol. The maximum atomic E-state index is 6.07. The monoisotopic (exact) mass is 302 g/mol. The van der Waals surface area contributed by atoms with Gasteiger partial charge >= 0.3 is 0 Å². The van der Waals surface area contributed by atoms with Crippen molar-refractivity contribution in [3.05, 3.63) is 41.2 Å². The van der Waals surface area contributed by atoms with Gasteiger partial charge in [0, 0.05) is 13.7 Å². The third kappa shape index (κ3) is 4.08. The van der Waals surface area contributed by atoms with Crippen molar-refractivity contribution in [3.63, 3.8) is 0 Å². The minimum absolute atomic E-state index is 0.305. The lowest BCUT2D eigenvalue weighted by Crippen LogP contribution is -2.11. The molecule has 0 radical (unpaired) electrons. The van der Waals surface area contributed by atoms with Gasteiger partial charge in [-0.2, -0.15) is 4.98 Å². The number of rotatable bonds is 7. The Morgan fingerprint density at radius 2 is 1.91 bits per heavy atom. The van der Waals surface area contributed by atoms with Gasteiger partial charge in [0.1, 0.15) is 12.3 Å². The Hall–Kier alpha value is -2.34. The van der Waals surface area contributed by atoms with Gasteiger partial charge in [-0.3, -0.25) is 0 Å². The highest BCUT2D eigenvalue weighted by Crippen LogP contribution is 2.26. The molecule has 118 valence electrons. The van der Waals surface area contributed by atoms with Crippen LogP contribution in [0.1, 0.15) is 23.9 Å². The highest BCUT2D eigenvalue weighted by molar-refractivity contribution is 5.67. The molecular weight excluding hydrogens is 280 g/mol. The summed E-state index contributed by atoms with van der Waals surface area (Å²) in [6.45, 7) is 5.37. The van der Waals surface area contributed by atoms with Crippen molar-refractivity contribution in [2.45, 2.75) is 27.0 Å². The molecule has 0 saturated carbocycles. The molecule has 1 aromatic carbocycles. The molecular formula is C16H22N4O2. The highest BCUT2D eigenvalue weighted by atomic mass is 16.5. The smallest absolute Gasteiger partial charge is 0.242 e. The number of ether oxygens (including phenoxy) is 2. The summed E-state index contributed by atoms with van der Waals surface area (Å²) in [6.07, 6.45) is 0. The van der Waals surface area contributed by atoms with Gasteiger partial charge in [0.2, 0.25) is 5.88 Å². The number of benzene rings is 1. The minimum Gasteiger partial charge on any atom is -0.476 e. The number of anilines is 2. The fraction of sp³-hybridized carbons (Fsp3) is 0.375. The molecule has 0 spiro atoms. The standard InChI is InChI=1S/C16H22N4O2/c1-4-22-16-14(17)15(19-13(20-16)10-21-3)18-9-12-7-5-11(2)6-8-12/h5-8H,4,9-10,17H2,1-3H3,(H,18,19,20). The third-order valence-corrected chi connectivity index (χ3v) is 3.09. The number of nitrogen functional groups attached to an aromatic ring is 1. The predicted molar refractivity (Wildman–Crippen MR) is 86.8 cm³/mol. The van der Waals surface area contributed by atoms with Crippen LogP contribution in [0.4, 0.5) is 11.5 Å². The average Bonchev–Trinajstić information content (AvgIpc) is 2.51. The molecule has 0 unspecified atom stereocenters. The van der Waals surface area contributed by atoms with E-state index in [0.29, 0.717) is 43.0 Å². The fourth-order valence-corrected chi connectivity index (χ4v) is 1.96. The molecule has 0 amide bonds. The molecule has 1 aromatic heterocycles. The number of nitrogens with one attached hydrogen (secondary N) is 1. The summed E-state index contributed by atoms with van der Waals surface area (Å²) in [5.41, 5.74) is 8.86. The number of hydrogen-bond donors (Lipinski definition) is 2. The van der Waals surface area contributed by atoms with E-state index in [2.05, 4.69) is 46.5 Å². The van der Waals surface area contributed by atoms with Gasteiger partial charge in [0.05, 0.1) is 6.61 Å². The number of hydrogen-bond acceptors (Lipinski definition) is 6. The van der Waals surface area contributed by atoms with Crippen LogP contribution in [0.2, 0.25) is 0 Å². The molecule has 0 fully saturated rings. The van der Waals surface area contributed by atoms with Gasteiger partial charge in [0.15, 0.2) is 11.6 Å². The number of nitrogens with two attached hydrogens (primary N) is 1. The zero-order chi connectivity index (χ0) is 15.9. The van der Waals surface area contributed by atoms with Crippen molar-refractivity contribution >= 4 is 11.5 Å². The van der Waals surface area contributed by atoms with Crippen molar-refractivity contribution in [3.8, 4) is 5.88 Å². The Morgan fingerprint density at radius 3 is 2.55 bits per heavy atom. The van der Waals surface area contributed by atoms with Gasteiger partial charge < -0.3 is 20.5 Å². The van der Waals surface area contributed by atoms with E-state index in [9.17, 15) is 0 Å². The lowest BCUT2D eigenvalue weighted by molar-refractivity contribution is 0.176. The van der Waals surface area contributed by atoms with Gasteiger partial charge in [-0.15, -0.1) is 0 Å². The summed E-state index contributed by atoms with van der Waals surface area (Å²) in [4.78, 5) is 8.64. The first-order valence-electron chi connectivity index (χ1n) is 7.21. The van der Waals surface area contributed by atoms with E-state index in [4.69, 9.17) is 15.2 Å². The van der Waals surface area contributed by atoms with Gasteiger partial charge in [-0.1, -0.05) is 29.8 Å². The van der Waals surface area contributed by atoms with E-state index in [1.54, 1.807) is 7.11 Å². The molecule has 22 heavy (non-hydrogen) atoms. The first kappa shape index (κ1) is 16.0. The molecule has 0 bridgehead atoms. The molecule has 6 nitrogen and oxygen atoms in total. The Morgan fingerprint density at radius 1 is 1.18 bits per heavy atom. The van der Waals surface area contributed by atoms with Crippen LogP contribution in [0.15, 0.2) is 24.3 Å². The zero-order valence-electron chi connectivity index (χ0n) is 13.2. The van der Waals surface area contributed by atoms with E-state index in [0.717, 1.165) is 5.56 Å². The lowest BCUT2D eigenvalue weighted by Gasteiger charge is -2.13.